The first kappa shape index (κ1) is 16.2. The van der Waals surface area contributed by atoms with Gasteiger partial charge in [0.15, 0.2) is 0 Å². The molecule has 0 saturated carbocycles. The maximum atomic E-state index is 6.45. The molecule has 2 heterocycles. The SMILES string of the molecule is CN1CCc2[nH]nc(-c3ccc(OCc4ccccc4)c(Cl)c3)c2C1. The largest absolute Gasteiger partial charge is 0.487 e. The molecule has 1 aliphatic heterocycles. The van der Waals surface area contributed by atoms with E-state index >= 15 is 0 Å². The van der Waals surface area contributed by atoms with Crippen molar-refractivity contribution in [3.63, 3.8) is 0 Å². The summed E-state index contributed by atoms with van der Waals surface area (Å²) in [5.74, 6) is 0.691. The van der Waals surface area contributed by atoms with Crippen LogP contribution in [0.25, 0.3) is 11.3 Å². The highest BCUT2D eigenvalue weighted by Gasteiger charge is 2.21. The number of nitrogens with zero attached hydrogens (tertiary/aromatic N) is 2. The van der Waals surface area contributed by atoms with E-state index in [4.69, 9.17) is 16.3 Å². The summed E-state index contributed by atoms with van der Waals surface area (Å²) in [4.78, 5) is 2.31. The molecule has 0 bridgehead atoms. The monoisotopic (exact) mass is 353 g/mol. The first-order valence-corrected chi connectivity index (χ1v) is 8.80. The van der Waals surface area contributed by atoms with E-state index in [1.54, 1.807) is 0 Å². The summed E-state index contributed by atoms with van der Waals surface area (Å²) in [6.45, 7) is 2.47. The van der Waals surface area contributed by atoms with Crippen LogP contribution < -0.4 is 4.74 Å². The van der Waals surface area contributed by atoms with Crippen molar-refractivity contribution in [1.82, 2.24) is 15.1 Å². The first-order chi connectivity index (χ1) is 12.2. The van der Waals surface area contributed by atoms with E-state index in [1.807, 2.05) is 48.5 Å². The fourth-order valence-electron chi connectivity index (χ4n) is 3.17. The molecule has 1 aliphatic rings. The molecule has 0 radical (unpaired) electrons. The van der Waals surface area contributed by atoms with Gasteiger partial charge in [0.25, 0.3) is 0 Å². The summed E-state index contributed by atoms with van der Waals surface area (Å²) in [5, 5.41) is 8.30. The summed E-state index contributed by atoms with van der Waals surface area (Å²) < 4.78 is 5.86. The van der Waals surface area contributed by atoms with E-state index < -0.39 is 0 Å². The fraction of sp³-hybridized carbons (Fsp3) is 0.250. The number of ether oxygens (including phenoxy) is 1. The van der Waals surface area contributed by atoms with E-state index in [1.165, 1.54) is 11.3 Å². The Bertz CT molecular complexity index is 876. The average molecular weight is 354 g/mol. The van der Waals surface area contributed by atoms with Crippen LogP contribution >= 0.6 is 11.6 Å². The molecule has 0 spiro atoms. The summed E-state index contributed by atoms with van der Waals surface area (Å²) in [7, 11) is 2.13. The lowest BCUT2D eigenvalue weighted by atomic mass is 10.0. The van der Waals surface area contributed by atoms with Gasteiger partial charge in [0.1, 0.15) is 12.4 Å². The van der Waals surface area contributed by atoms with Crippen LogP contribution in [0.3, 0.4) is 0 Å². The van der Waals surface area contributed by atoms with Gasteiger partial charge in [-0.25, -0.2) is 0 Å². The predicted molar refractivity (Wildman–Crippen MR) is 99.8 cm³/mol. The number of likely N-dealkylation sites (N-methyl/N-ethyl adjacent to an activating group) is 1. The van der Waals surface area contributed by atoms with Crippen LogP contribution in [0.2, 0.25) is 5.02 Å². The van der Waals surface area contributed by atoms with Gasteiger partial charge >= 0.3 is 0 Å². The minimum Gasteiger partial charge on any atom is -0.487 e. The molecule has 0 unspecified atom stereocenters. The normalized spacial score (nSPS) is 14.3. The highest BCUT2D eigenvalue weighted by atomic mass is 35.5. The lowest BCUT2D eigenvalue weighted by molar-refractivity contribution is 0.306. The summed E-state index contributed by atoms with van der Waals surface area (Å²) >= 11 is 6.45. The number of hydrogen-bond donors (Lipinski definition) is 1. The average Bonchev–Trinajstić information content (AvgIpc) is 3.04. The minimum absolute atomic E-state index is 0.502. The van der Waals surface area contributed by atoms with Crippen molar-refractivity contribution < 1.29 is 4.74 Å². The lowest BCUT2D eigenvalue weighted by Crippen LogP contribution is -2.26. The van der Waals surface area contributed by atoms with Crippen molar-refractivity contribution in [2.24, 2.45) is 0 Å². The highest BCUT2D eigenvalue weighted by molar-refractivity contribution is 6.32. The minimum atomic E-state index is 0.502. The lowest BCUT2D eigenvalue weighted by Gasteiger charge is -2.22. The molecule has 25 heavy (non-hydrogen) atoms. The van der Waals surface area contributed by atoms with Gasteiger partial charge in [0.05, 0.1) is 10.7 Å². The molecule has 3 aromatic rings. The number of rotatable bonds is 4. The number of halogens is 1. The zero-order valence-electron chi connectivity index (χ0n) is 14.1. The number of fused-ring (bicyclic) bond motifs is 1. The molecule has 0 fully saturated rings. The Balaban J connectivity index is 1.55. The molecule has 128 valence electrons. The third kappa shape index (κ3) is 3.41. The molecule has 2 aromatic carbocycles. The maximum absolute atomic E-state index is 6.45. The van der Waals surface area contributed by atoms with Gasteiger partial charge in [-0.2, -0.15) is 5.10 Å². The van der Waals surface area contributed by atoms with Crippen LogP contribution in [0.1, 0.15) is 16.8 Å². The molecule has 1 N–H and O–H groups in total. The maximum Gasteiger partial charge on any atom is 0.138 e. The quantitative estimate of drug-likeness (QED) is 0.760. The van der Waals surface area contributed by atoms with E-state index in [0.29, 0.717) is 17.4 Å². The number of aromatic nitrogens is 2. The van der Waals surface area contributed by atoms with E-state index in [9.17, 15) is 0 Å². The number of nitrogens with one attached hydrogen (secondary N) is 1. The molecule has 4 nitrogen and oxygen atoms in total. The summed E-state index contributed by atoms with van der Waals surface area (Å²) in [5.41, 5.74) is 5.62. The van der Waals surface area contributed by atoms with Crippen molar-refractivity contribution in [1.29, 1.82) is 0 Å². The molecule has 4 rings (SSSR count). The summed E-state index contributed by atoms with van der Waals surface area (Å²) in [6, 6.07) is 16.0. The van der Waals surface area contributed by atoms with Crippen LogP contribution in [-0.4, -0.2) is 28.7 Å². The fourth-order valence-corrected chi connectivity index (χ4v) is 3.40. The van der Waals surface area contributed by atoms with E-state index in [-0.39, 0.29) is 0 Å². The molecule has 5 heteroatoms. The van der Waals surface area contributed by atoms with Gasteiger partial charge in [-0.15, -0.1) is 0 Å². The molecular weight excluding hydrogens is 334 g/mol. The van der Waals surface area contributed by atoms with Gasteiger partial charge in [-0.1, -0.05) is 41.9 Å². The third-order valence-electron chi connectivity index (χ3n) is 4.57. The molecule has 0 amide bonds. The van der Waals surface area contributed by atoms with Crippen LogP contribution in [0, 0.1) is 0 Å². The van der Waals surface area contributed by atoms with Crippen molar-refractivity contribution >= 4 is 11.6 Å². The van der Waals surface area contributed by atoms with Gasteiger partial charge in [-0.3, -0.25) is 5.10 Å². The standard InChI is InChI=1S/C20H20ClN3O/c1-24-10-9-18-16(12-24)20(23-22-18)15-7-8-19(17(21)11-15)25-13-14-5-3-2-4-6-14/h2-8,11H,9-10,12-13H2,1H3,(H,22,23). The van der Waals surface area contributed by atoms with Crippen LogP contribution in [0.5, 0.6) is 5.75 Å². The highest BCUT2D eigenvalue weighted by Crippen LogP contribution is 2.33. The second-order valence-corrected chi connectivity index (χ2v) is 6.84. The van der Waals surface area contributed by atoms with Crippen LogP contribution in [0.4, 0.5) is 0 Å². The molecular formula is C20H20ClN3O. The number of hydrogen-bond acceptors (Lipinski definition) is 3. The smallest absolute Gasteiger partial charge is 0.138 e. The Morgan fingerprint density at radius 2 is 2.04 bits per heavy atom. The van der Waals surface area contributed by atoms with Crippen molar-refractivity contribution in [3.05, 3.63) is 70.4 Å². The Hall–Kier alpha value is -2.30. The Morgan fingerprint density at radius 3 is 2.84 bits per heavy atom. The first-order valence-electron chi connectivity index (χ1n) is 8.42. The molecule has 0 atom stereocenters. The zero-order chi connectivity index (χ0) is 17.2. The molecule has 0 aliphatic carbocycles. The molecule has 1 aromatic heterocycles. The van der Waals surface area contributed by atoms with Crippen molar-refractivity contribution in [2.75, 3.05) is 13.6 Å². The Kier molecular flexibility index (Phi) is 4.47. The second-order valence-electron chi connectivity index (χ2n) is 6.44. The van der Waals surface area contributed by atoms with Gasteiger partial charge < -0.3 is 9.64 Å². The van der Waals surface area contributed by atoms with Crippen molar-refractivity contribution in [3.8, 4) is 17.0 Å². The number of H-pyrrole nitrogens is 1. The zero-order valence-corrected chi connectivity index (χ0v) is 14.9. The topological polar surface area (TPSA) is 41.2 Å². The van der Waals surface area contributed by atoms with Crippen LogP contribution in [-0.2, 0) is 19.6 Å². The third-order valence-corrected chi connectivity index (χ3v) is 4.86. The predicted octanol–water partition coefficient (Wildman–Crippen LogP) is 4.30. The van der Waals surface area contributed by atoms with Gasteiger partial charge in [0, 0.05) is 36.3 Å². The van der Waals surface area contributed by atoms with E-state index in [0.717, 1.165) is 36.3 Å². The Labute approximate surface area is 152 Å². The Morgan fingerprint density at radius 1 is 1.20 bits per heavy atom. The van der Waals surface area contributed by atoms with Gasteiger partial charge in [0.2, 0.25) is 0 Å². The number of aromatic amines is 1. The van der Waals surface area contributed by atoms with Crippen LogP contribution in [0.15, 0.2) is 48.5 Å². The summed E-state index contributed by atoms with van der Waals surface area (Å²) in [6.07, 6.45) is 1.00. The molecule has 0 saturated heterocycles. The van der Waals surface area contributed by atoms with Gasteiger partial charge in [-0.05, 0) is 30.8 Å². The van der Waals surface area contributed by atoms with Crippen molar-refractivity contribution in [2.45, 2.75) is 19.6 Å². The second kappa shape index (κ2) is 6.90. The number of benzene rings is 2. The van der Waals surface area contributed by atoms with E-state index in [2.05, 4.69) is 22.1 Å².